The number of hydrogen-bond acceptors (Lipinski definition) is 5. The van der Waals surface area contributed by atoms with Gasteiger partial charge in [0.1, 0.15) is 11.3 Å². The largest absolute Gasteiger partial charge is 0.618 e. The molecule has 1 amide bonds. The maximum Gasteiger partial charge on any atom is 0.284 e. The summed E-state index contributed by atoms with van der Waals surface area (Å²) in [6.07, 6.45) is 0. The van der Waals surface area contributed by atoms with Crippen LogP contribution in [0.5, 0.6) is 0 Å². The van der Waals surface area contributed by atoms with Crippen LogP contribution in [0.3, 0.4) is 0 Å². The van der Waals surface area contributed by atoms with E-state index in [1.54, 1.807) is 45.2 Å². The third kappa shape index (κ3) is 2.87. The summed E-state index contributed by atoms with van der Waals surface area (Å²) in [6, 6.07) is 16.4. The Kier molecular flexibility index (Phi) is 4.27. The fourth-order valence-corrected chi connectivity index (χ4v) is 3.07. The van der Waals surface area contributed by atoms with Crippen molar-refractivity contribution in [2.24, 2.45) is 0 Å². The molecule has 0 saturated carbocycles. The Morgan fingerprint density at radius 1 is 1.04 bits per heavy atom. The summed E-state index contributed by atoms with van der Waals surface area (Å²) in [5.74, 6) is 0.887. The molecule has 2 aromatic carbocycles. The average molecular weight is 374 g/mol. The molecule has 0 radical (unpaired) electrons. The molecule has 0 aliphatic rings. The number of amides is 1. The van der Waals surface area contributed by atoms with E-state index in [0.717, 1.165) is 10.3 Å². The Morgan fingerprint density at radius 3 is 2.46 bits per heavy atom. The molecule has 4 aromatic rings. The van der Waals surface area contributed by atoms with Crippen LogP contribution in [0.25, 0.3) is 22.5 Å². The first kappa shape index (κ1) is 17.7. The molecule has 28 heavy (non-hydrogen) atoms. The normalized spacial score (nSPS) is 11.0. The van der Waals surface area contributed by atoms with Crippen LogP contribution in [-0.2, 0) is 0 Å². The molecular formula is C21H18N4O3. The third-order valence-corrected chi connectivity index (χ3v) is 4.60. The van der Waals surface area contributed by atoms with Crippen molar-refractivity contribution >= 4 is 22.8 Å². The number of oxazole rings is 1. The lowest BCUT2D eigenvalue weighted by atomic mass is 10.2. The quantitative estimate of drug-likeness (QED) is 0.405. The molecule has 0 atom stereocenters. The lowest BCUT2D eigenvalue weighted by Crippen LogP contribution is -2.37. The van der Waals surface area contributed by atoms with E-state index >= 15 is 0 Å². The zero-order valence-electron chi connectivity index (χ0n) is 15.7. The van der Waals surface area contributed by atoms with Crippen molar-refractivity contribution < 1.29 is 13.9 Å². The van der Waals surface area contributed by atoms with Crippen LogP contribution in [0, 0.1) is 19.1 Å². The van der Waals surface area contributed by atoms with E-state index in [0.29, 0.717) is 28.5 Å². The fourth-order valence-electron chi connectivity index (χ4n) is 3.07. The highest BCUT2D eigenvalue weighted by Crippen LogP contribution is 2.27. The molecule has 0 saturated heterocycles. The predicted molar refractivity (Wildman–Crippen MR) is 105 cm³/mol. The minimum atomic E-state index is -0.427. The molecule has 0 unspecified atom stereocenters. The van der Waals surface area contributed by atoms with Crippen molar-refractivity contribution in [1.29, 1.82) is 0 Å². The Balaban J connectivity index is 1.74. The van der Waals surface area contributed by atoms with Gasteiger partial charge in [0.25, 0.3) is 5.91 Å². The lowest BCUT2D eigenvalue weighted by molar-refractivity contribution is -0.584. The van der Waals surface area contributed by atoms with E-state index in [1.807, 2.05) is 30.3 Å². The molecule has 2 heterocycles. The topological polar surface area (TPSA) is 86.2 Å². The molecular weight excluding hydrogens is 356 g/mol. The number of carbonyl (C=O) groups excluding carboxylic acids is 1. The molecule has 0 aliphatic heterocycles. The first-order chi connectivity index (χ1) is 13.5. The summed E-state index contributed by atoms with van der Waals surface area (Å²) in [5, 5.41) is 12.5. The fraction of sp³-hybridized carbons (Fsp3) is 0.143. The van der Waals surface area contributed by atoms with Gasteiger partial charge >= 0.3 is 0 Å². The van der Waals surface area contributed by atoms with Crippen LogP contribution in [0.2, 0.25) is 0 Å². The second-order valence-corrected chi connectivity index (χ2v) is 6.46. The van der Waals surface area contributed by atoms with Crippen molar-refractivity contribution in [2.45, 2.75) is 13.8 Å². The zero-order chi connectivity index (χ0) is 19.8. The molecule has 0 fully saturated rings. The summed E-state index contributed by atoms with van der Waals surface area (Å²) in [6.45, 7) is 3.32. The van der Waals surface area contributed by atoms with E-state index in [9.17, 15) is 10.0 Å². The van der Waals surface area contributed by atoms with Crippen LogP contribution >= 0.6 is 0 Å². The minimum Gasteiger partial charge on any atom is -0.618 e. The van der Waals surface area contributed by atoms with Gasteiger partial charge in [-0.15, -0.1) is 0 Å². The van der Waals surface area contributed by atoms with Crippen LogP contribution in [0.15, 0.2) is 59.0 Å². The van der Waals surface area contributed by atoms with E-state index in [-0.39, 0.29) is 11.4 Å². The summed E-state index contributed by atoms with van der Waals surface area (Å²) >= 11 is 0. The molecule has 2 aromatic heterocycles. The van der Waals surface area contributed by atoms with Crippen molar-refractivity contribution in [3.8, 4) is 11.5 Å². The second kappa shape index (κ2) is 6.77. The van der Waals surface area contributed by atoms with E-state index in [2.05, 4.69) is 9.97 Å². The predicted octanol–water partition coefficient (Wildman–Crippen LogP) is 3.42. The molecule has 0 bridgehead atoms. The number of anilines is 1. The summed E-state index contributed by atoms with van der Waals surface area (Å²) in [7, 11) is 1.59. The van der Waals surface area contributed by atoms with Crippen LogP contribution in [0.4, 0.5) is 5.82 Å². The molecule has 7 heteroatoms. The number of nitrogens with zero attached hydrogens (tertiary/aromatic N) is 4. The molecule has 7 nitrogen and oxygen atoms in total. The number of rotatable bonds is 3. The van der Waals surface area contributed by atoms with Crippen molar-refractivity contribution in [2.75, 3.05) is 11.9 Å². The maximum absolute atomic E-state index is 13.1. The molecule has 0 N–H and O–H groups in total. The first-order valence-electron chi connectivity index (χ1n) is 8.77. The lowest BCUT2D eigenvalue weighted by Gasteiger charge is -2.15. The van der Waals surface area contributed by atoms with Gasteiger partial charge in [-0.05, 0) is 25.1 Å². The summed E-state index contributed by atoms with van der Waals surface area (Å²) in [4.78, 5) is 23.3. The van der Waals surface area contributed by atoms with Gasteiger partial charge in [-0.3, -0.25) is 9.69 Å². The SMILES string of the molecule is Cc1oc(-c2ccccc2)nc1N(C)C(=O)c1nc2ccccc2[n+]([O-])c1C. The standard InChI is InChI=1S/C21H18N4O3/c1-13-18(22-16-11-7-8-12-17(16)25(13)27)21(26)24(3)19-14(2)28-20(23-19)15-9-5-4-6-10-15/h4-12H,1-3H3. The number of aromatic nitrogens is 3. The molecule has 0 aliphatic carbocycles. The Bertz CT molecular complexity index is 1190. The monoisotopic (exact) mass is 374 g/mol. The van der Waals surface area contributed by atoms with Gasteiger partial charge in [0, 0.05) is 25.6 Å². The van der Waals surface area contributed by atoms with Crippen molar-refractivity contribution in [3.63, 3.8) is 0 Å². The number of para-hydroxylation sites is 2. The van der Waals surface area contributed by atoms with Crippen LogP contribution in [-0.4, -0.2) is 22.9 Å². The minimum absolute atomic E-state index is 0.0832. The Hall–Kier alpha value is -3.74. The van der Waals surface area contributed by atoms with E-state index in [1.165, 1.54) is 4.90 Å². The van der Waals surface area contributed by atoms with Gasteiger partial charge < -0.3 is 9.62 Å². The Labute approximate surface area is 161 Å². The zero-order valence-corrected chi connectivity index (χ0v) is 15.7. The van der Waals surface area contributed by atoms with Gasteiger partial charge in [-0.25, -0.2) is 4.98 Å². The second-order valence-electron chi connectivity index (χ2n) is 6.46. The van der Waals surface area contributed by atoms with Gasteiger partial charge in [0.2, 0.25) is 17.1 Å². The maximum atomic E-state index is 13.1. The molecule has 4 rings (SSSR count). The van der Waals surface area contributed by atoms with Crippen LogP contribution < -0.4 is 9.63 Å². The van der Waals surface area contributed by atoms with Crippen LogP contribution in [0.1, 0.15) is 21.9 Å². The molecule has 0 spiro atoms. The highest BCUT2D eigenvalue weighted by Gasteiger charge is 2.27. The van der Waals surface area contributed by atoms with Crippen molar-refractivity contribution in [3.05, 3.63) is 77.0 Å². The van der Waals surface area contributed by atoms with Gasteiger partial charge in [0.15, 0.2) is 11.5 Å². The van der Waals surface area contributed by atoms with Gasteiger partial charge in [0.05, 0.1) is 0 Å². The van der Waals surface area contributed by atoms with Gasteiger partial charge in [-0.2, -0.15) is 9.71 Å². The average Bonchev–Trinajstić information content (AvgIpc) is 3.12. The van der Waals surface area contributed by atoms with Crippen molar-refractivity contribution in [1.82, 2.24) is 9.97 Å². The summed E-state index contributed by atoms with van der Waals surface area (Å²) in [5.41, 5.74) is 2.01. The first-order valence-corrected chi connectivity index (χ1v) is 8.77. The van der Waals surface area contributed by atoms with E-state index in [4.69, 9.17) is 4.42 Å². The number of fused-ring (bicyclic) bond motifs is 1. The summed E-state index contributed by atoms with van der Waals surface area (Å²) < 4.78 is 6.47. The highest BCUT2D eigenvalue weighted by atomic mass is 16.5. The highest BCUT2D eigenvalue weighted by molar-refractivity contribution is 6.05. The number of benzene rings is 2. The molecule has 140 valence electrons. The number of aryl methyl sites for hydroxylation is 1. The smallest absolute Gasteiger partial charge is 0.284 e. The van der Waals surface area contributed by atoms with Gasteiger partial charge in [-0.1, -0.05) is 30.3 Å². The van der Waals surface area contributed by atoms with E-state index < -0.39 is 5.91 Å². The third-order valence-electron chi connectivity index (χ3n) is 4.60. The number of carbonyl (C=O) groups is 1. The number of hydrogen-bond donors (Lipinski definition) is 0. The Morgan fingerprint density at radius 2 is 1.71 bits per heavy atom.